The maximum Gasteiger partial charge on any atom is 0.127 e. The Bertz CT molecular complexity index is 751. The van der Waals surface area contributed by atoms with Gasteiger partial charge in [-0.1, -0.05) is 63.2 Å². The van der Waals surface area contributed by atoms with Crippen LogP contribution in [-0.4, -0.2) is 13.2 Å². The lowest BCUT2D eigenvalue weighted by Crippen LogP contribution is -1.99. The molecule has 0 saturated carbocycles. The highest BCUT2D eigenvalue weighted by atomic mass is 79.9. The summed E-state index contributed by atoms with van der Waals surface area (Å²) in [5.41, 5.74) is 2.13. The average Bonchev–Trinajstić information content (AvgIpc) is 2.61. The molecular formula is C20H18Br2O2. The molecule has 1 aliphatic rings. The van der Waals surface area contributed by atoms with Crippen molar-refractivity contribution >= 4 is 44.0 Å². The third-order valence-electron chi connectivity index (χ3n) is 3.15. The van der Waals surface area contributed by atoms with Gasteiger partial charge in [0.15, 0.2) is 0 Å². The second kappa shape index (κ2) is 9.50. The van der Waals surface area contributed by atoms with E-state index in [1.54, 1.807) is 12.2 Å². The van der Waals surface area contributed by atoms with Gasteiger partial charge in [-0.05, 0) is 42.5 Å². The van der Waals surface area contributed by atoms with Gasteiger partial charge >= 0.3 is 0 Å². The van der Waals surface area contributed by atoms with Gasteiger partial charge in [0.05, 0.1) is 0 Å². The highest BCUT2D eigenvalue weighted by Gasteiger charge is 2.04. The molecule has 0 saturated heterocycles. The second-order valence-corrected chi connectivity index (χ2v) is 6.71. The quantitative estimate of drug-likeness (QED) is 0.495. The minimum absolute atomic E-state index is 0.516. The monoisotopic (exact) mass is 448 g/mol. The van der Waals surface area contributed by atoms with Crippen LogP contribution in [0, 0.1) is 0 Å². The molecule has 0 aliphatic carbocycles. The first-order valence-electron chi connectivity index (χ1n) is 7.38. The van der Waals surface area contributed by atoms with E-state index in [0.29, 0.717) is 13.2 Å². The molecule has 2 aromatic carbocycles. The maximum atomic E-state index is 5.42. The van der Waals surface area contributed by atoms with Crippen LogP contribution >= 0.6 is 31.9 Å². The summed E-state index contributed by atoms with van der Waals surface area (Å²) >= 11 is 6.78. The first-order valence-corrected chi connectivity index (χ1v) is 8.97. The van der Waals surface area contributed by atoms with Crippen LogP contribution in [0.3, 0.4) is 0 Å². The van der Waals surface area contributed by atoms with Crippen LogP contribution in [0.2, 0.25) is 0 Å². The summed E-state index contributed by atoms with van der Waals surface area (Å²) in [6.07, 6.45) is 7.57. The fourth-order valence-corrected chi connectivity index (χ4v) is 2.81. The van der Waals surface area contributed by atoms with E-state index in [2.05, 4.69) is 51.1 Å². The molecule has 4 heteroatoms. The van der Waals surface area contributed by atoms with E-state index >= 15 is 0 Å². The van der Waals surface area contributed by atoms with Crippen molar-refractivity contribution in [3.63, 3.8) is 0 Å². The topological polar surface area (TPSA) is 18.5 Å². The zero-order valence-electron chi connectivity index (χ0n) is 13.2. The van der Waals surface area contributed by atoms with E-state index in [0.717, 1.165) is 31.6 Å². The van der Waals surface area contributed by atoms with Crippen LogP contribution in [0.1, 0.15) is 11.1 Å². The lowest BCUT2D eigenvalue weighted by atomic mass is 10.1. The van der Waals surface area contributed by atoms with E-state index in [4.69, 9.17) is 9.47 Å². The van der Waals surface area contributed by atoms with E-state index in [9.17, 15) is 0 Å². The van der Waals surface area contributed by atoms with E-state index < -0.39 is 0 Å². The first kappa shape index (κ1) is 18.6. The van der Waals surface area contributed by atoms with Crippen molar-refractivity contribution in [3.8, 4) is 11.5 Å². The predicted molar refractivity (Wildman–Crippen MR) is 109 cm³/mol. The molecule has 0 bridgehead atoms. The van der Waals surface area contributed by atoms with Crippen molar-refractivity contribution in [3.05, 3.63) is 81.8 Å². The number of ether oxygens (including phenoxy) is 2. The molecule has 0 amide bonds. The largest absolute Gasteiger partial charge is 0.489 e. The Morgan fingerprint density at radius 1 is 1.08 bits per heavy atom. The maximum absolute atomic E-state index is 5.42. The smallest absolute Gasteiger partial charge is 0.127 e. The molecule has 3 rings (SSSR count). The SMILES string of the molecule is Brc1ccc2c(c1)C=CCO2.C=CCOc1ccc(Br)cc1C=C. The van der Waals surface area contributed by atoms with E-state index in [-0.39, 0.29) is 0 Å². The Balaban J connectivity index is 0.000000175. The number of benzene rings is 2. The van der Waals surface area contributed by atoms with Crippen LogP contribution in [0.15, 0.2) is 70.7 Å². The number of fused-ring (bicyclic) bond motifs is 1. The molecule has 1 heterocycles. The summed E-state index contributed by atoms with van der Waals surface area (Å²) in [7, 11) is 0. The molecule has 2 aromatic rings. The van der Waals surface area contributed by atoms with Crippen LogP contribution in [0.5, 0.6) is 11.5 Å². The average molecular weight is 450 g/mol. The number of halogens is 2. The number of hydrogen-bond donors (Lipinski definition) is 0. The van der Waals surface area contributed by atoms with Gasteiger partial charge in [-0.15, -0.1) is 0 Å². The van der Waals surface area contributed by atoms with Gasteiger partial charge in [0.1, 0.15) is 24.7 Å². The Hall–Kier alpha value is -1.78. The predicted octanol–water partition coefficient (Wildman–Crippen LogP) is 6.51. The highest BCUT2D eigenvalue weighted by molar-refractivity contribution is 9.10. The zero-order valence-corrected chi connectivity index (χ0v) is 16.3. The van der Waals surface area contributed by atoms with Crippen molar-refractivity contribution in [1.29, 1.82) is 0 Å². The minimum Gasteiger partial charge on any atom is -0.489 e. The molecular weight excluding hydrogens is 432 g/mol. The standard InChI is InChI=1S/C11H11BrO.C9H7BrO/c1-3-7-13-11-6-5-10(12)8-9(11)4-2;10-8-3-4-9-7(6-8)2-1-5-11-9/h3-6,8H,1-2,7H2;1-4,6H,5H2. The fraction of sp³-hybridized carbons (Fsp3) is 0.100. The summed E-state index contributed by atoms with van der Waals surface area (Å²) in [4.78, 5) is 0. The third-order valence-corrected chi connectivity index (χ3v) is 4.14. The van der Waals surface area contributed by atoms with Gasteiger partial charge in [0.2, 0.25) is 0 Å². The Labute approximate surface area is 159 Å². The molecule has 24 heavy (non-hydrogen) atoms. The highest BCUT2D eigenvalue weighted by Crippen LogP contribution is 2.26. The normalized spacial score (nSPS) is 11.4. The molecule has 0 fully saturated rings. The first-order chi connectivity index (χ1) is 11.6. The van der Waals surface area contributed by atoms with Gasteiger partial charge < -0.3 is 9.47 Å². The molecule has 0 unspecified atom stereocenters. The molecule has 2 nitrogen and oxygen atoms in total. The van der Waals surface area contributed by atoms with E-state index in [1.165, 1.54) is 0 Å². The summed E-state index contributed by atoms with van der Waals surface area (Å²) in [5, 5.41) is 0. The lowest BCUT2D eigenvalue weighted by molar-refractivity contribution is 0.358. The van der Waals surface area contributed by atoms with Gasteiger partial charge in [-0.3, -0.25) is 0 Å². The summed E-state index contributed by atoms with van der Waals surface area (Å²) in [6.45, 7) is 8.51. The summed E-state index contributed by atoms with van der Waals surface area (Å²) < 4.78 is 12.9. The number of rotatable bonds is 4. The molecule has 0 N–H and O–H groups in total. The Kier molecular flexibility index (Phi) is 7.35. The third kappa shape index (κ3) is 5.39. The van der Waals surface area contributed by atoms with Crippen LogP contribution in [0.25, 0.3) is 12.2 Å². The van der Waals surface area contributed by atoms with Gasteiger partial charge in [0, 0.05) is 20.1 Å². The minimum atomic E-state index is 0.516. The van der Waals surface area contributed by atoms with Crippen LogP contribution in [-0.2, 0) is 0 Å². The van der Waals surface area contributed by atoms with Crippen molar-refractivity contribution in [2.75, 3.05) is 13.2 Å². The van der Waals surface area contributed by atoms with Crippen molar-refractivity contribution in [2.24, 2.45) is 0 Å². The second-order valence-electron chi connectivity index (χ2n) is 4.88. The van der Waals surface area contributed by atoms with Crippen LogP contribution in [0.4, 0.5) is 0 Å². The van der Waals surface area contributed by atoms with Crippen molar-refractivity contribution in [1.82, 2.24) is 0 Å². The fourth-order valence-electron chi connectivity index (χ4n) is 2.05. The Morgan fingerprint density at radius 2 is 1.83 bits per heavy atom. The molecule has 0 radical (unpaired) electrons. The summed E-state index contributed by atoms with van der Waals surface area (Å²) in [6, 6.07) is 11.8. The molecule has 124 valence electrons. The molecule has 0 spiro atoms. The van der Waals surface area contributed by atoms with Gasteiger partial charge in [-0.2, -0.15) is 0 Å². The molecule has 0 atom stereocenters. The Morgan fingerprint density at radius 3 is 2.58 bits per heavy atom. The van der Waals surface area contributed by atoms with Gasteiger partial charge in [0.25, 0.3) is 0 Å². The summed E-state index contributed by atoms with van der Waals surface area (Å²) in [5.74, 6) is 1.80. The zero-order chi connectivity index (χ0) is 17.4. The van der Waals surface area contributed by atoms with Crippen molar-refractivity contribution in [2.45, 2.75) is 0 Å². The molecule has 0 aromatic heterocycles. The van der Waals surface area contributed by atoms with Crippen LogP contribution < -0.4 is 9.47 Å². The van der Waals surface area contributed by atoms with E-state index in [1.807, 2.05) is 42.5 Å². The van der Waals surface area contributed by atoms with Gasteiger partial charge in [-0.25, -0.2) is 0 Å². The lowest BCUT2D eigenvalue weighted by Gasteiger charge is -2.11. The molecule has 1 aliphatic heterocycles. The van der Waals surface area contributed by atoms with Crippen molar-refractivity contribution < 1.29 is 9.47 Å². The number of hydrogen-bond acceptors (Lipinski definition) is 2.